The molecule has 0 aliphatic heterocycles. The Balaban J connectivity index is 1.88. The van der Waals surface area contributed by atoms with E-state index in [0.29, 0.717) is 0 Å². The second-order valence-corrected chi connectivity index (χ2v) is 7.52. The summed E-state index contributed by atoms with van der Waals surface area (Å²) in [5, 5.41) is 1.04. The van der Waals surface area contributed by atoms with Crippen molar-refractivity contribution in [3.63, 3.8) is 0 Å². The zero-order valence-corrected chi connectivity index (χ0v) is 18.2. The summed E-state index contributed by atoms with van der Waals surface area (Å²) in [5.74, 6) is 0.546. The van der Waals surface area contributed by atoms with Gasteiger partial charge < -0.3 is 14.0 Å². The largest absolute Gasteiger partial charge is 0.497 e. The molecule has 1 aromatic heterocycles. The van der Waals surface area contributed by atoms with Crippen LogP contribution in [0.5, 0.6) is 5.75 Å². The molecule has 0 saturated heterocycles. The van der Waals surface area contributed by atoms with Gasteiger partial charge in [-0.2, -0.15) is 0 Å². The molecule has 31 heavy (non-hydrogen) atoms. The van der Waals surface area contributed by atoms with Gasteiger partial charge in [-0.15, -0.1) is 0 Å². The van der Waals surface area contributed by atoms with Crippen LogP contribution < -0.4 is 4.74 Å². The molecule has 158 valence electrons. The quantitative estimate of drug-likeness (QED) is 0.368. The fraction of sp³-hybridized carbons (Fsp3) is 0.222. The van der Waals surface area contributed by atoms with E-state index >= 15 is 0 Å². The van der Waals surface area contributed by atoms with E-state index in [-0.39, 0.29) is 12.4 Å². The minimum atomic E-state index is -0.235. The van der Waals surface area contributed by atoms with Gasteiger partial charge in [-0.25, -0.2) is 0 Å². The van der Waals surface area contributed by atoms with Gasteiger partial charge in [0, 0.05) is 23.1 Å². The van der Waals surface area contributed by atoms with Crippen LogP contribution in [0.4, 0.5) is 0 Å². The lowest BCUT2D eigenvalue weighted by atomic mass is 9.99. The van der Waals surface area contributed by atoms with Gasteiger partial charge >= 0.3 is 5.97 Å². The summed E-state index contributed by atoms with van der Waals surface area (Å²) in [6, 6.07) is 25.0. The number of fused-ring (bicyclic) bond motifs is 1. The van der Waals surface area contributed by atoms with Gasteiger partial charge in [0.25, 0.3) is 0 Å². The highest BCUT2D eigenvalue weighted by Gasteiger charge is 2.20. The van der Waals surface area contributed by atoms with E-state index < -0.39 is 0 Å². The van der Waals surface area contributed by atoms with Crippen molar-refractivity contribution in [2.24, 2.45) is 0 Å². The molecule has 1 heterocycles. The Kier molecular flexibility index (Phi) is 6.08. The highest BCUT2D eigenvalue weighted by molar-refractivity contribution is 5.90. The molecule has 0 bridgehead atoms. The molecule has 0 aliphatic carbocycles. The average Bonchev–Trinajstić information content (AvgIpc) is 3.11. The summed E-state index contributed by atoms with van der Waals surface area (Å²) in [6.45, 7) is 2.85. The number of methoxy groups -OCH3 is 2. The predicted octanol–water partition coefficient (Wildman–Crippen LogP) is 5.64. The Hall–Kier alpha value is -3.53. The molecule has 0 N–H and O–H groups in total. The molecule has 4 aromatic rings. The molecule has 4 rings (SSSR count). The van der Waals surface area contributed by atoms with Crippen molar-refractivity contribution < 1.29 is 14.3 Å². The standard InChI is InChI=1S/C27H27NO3/c1-4-25-24(17-27(29)31-3)23-16-21(30-2)14-15-26(23)28(25)18-20-12-8-9-13-22(20)19-10-6-5-7-11-19/h5-16H,4,17-18H2,1-3H3. The van der Waals surface area contributed by atoms with Crippen molar-refractivity contribution in [2.75, 3.05) is 14.2 Å². The van der Waals surface area contributed by atoms with Crippen LogP contribution in [0.25, 0.3) is 22.0 Å². The molecule has 0 saturated carbocycles. The molecule has 4 nitrogen and oxygen atoms in total. The fourth-order valence-corrected chi connectivity index (χ4v) is 4.31. The number of carbonyl (C=O) groups is 1. The highest BCUT2D eigenvalue weighted by atomic mass is 16.5. The third-order valence-corrected chi connectivity index (χ3v) is 5.81. The van der Waals surface area contributed by atoms with E-state index in [2.05, 4.69) is 66.1 Å². The van der Waals surface area contributed by atoms with Gasteiger partial charge in [0.1, 0.15) is 5.75 Å². The van der Waals surface area contributed by atoms with Crippen molar-refractivity contribution in [3.05, 3.63) is 89.6 Å². The summed E-state index contributed by atoms with van der Waals surface area (Å²) >= 11 is 0. The molecule has 0 atom stereocenters. The third-order valence-electron chi connectivity index (χ3n) is 5.81. The van der Waals surface area contributed by atoms with Gasteiger partial charge in [-0.1, -0.05) is 61.5 Å². The Labute approximate surface area is 183 Å². The van der Waals surface area contributed by atoms with Crippen LogP contribution in [0, 0.1) is 0 Å². The maximum atomic E-state index is 12.2. The van der Waals surface area contributed by atoms with Crippen LogP contribution in [0.3, 0.4) is 0 Å². The number of nitrogens with zero attached hydrogens (tertiary/aromatic N) is 1. The molecular weight excluding hydrogens is 386 g/mol. The number of esters is 1. The molecular formula is C27H27NO3. The Morgan fingerprint density at radius 2 is 1.68 bits per heavy atom. The molecule has 0 aliphatic rings. The second-order valence-electron chi connectivity index (χ2n) is 7.52. The van der Waals surface area contributed by atoms with Gasteiger partial charge in [0.05, 0.1) is 20.6 Å². The number of aromatic nitrogens is 1. The lowest BCUT2D eigenvalue weighted by Crippen LogP contribution is -2.09. The van der Waals surface area contributed by atoms with Crippen LogP contribution in [0.1, 0.15) is 23.7 Å². The molecule has 0 unspecified atom stereocenters. The van der Waals surface area contributed by atoms with Gasteiger partial charge in [-0.3, -0.25) is 4.79 Å². The fourth-order valence-electron chi connectivity index (χ4n) is 4.31. The van der Waals surface area contributed by atoms with Crippen LogP contribution in [0.2, 0.25) is 0 Å². The first kappa shape index (κ1) is 20.7. The van der Waals surface area contributed by atoms with E-state index in [1.165, 1.54) is 23.8 Å². The lowest BCUT2D eigenvalue weighted by molar-refractivity contribution is -0.139. The zero-order chi connectivity index (χ0) is 21.8. The van der Waals surface area contributed by atoms with E-state index in [9.17, 15) is 4.79 Å². The summed E-state index contributed by atoms with van der Waals surface area (Å²) < 4.78 is 12.8. The topological polar surface area (TPSA) is 40.5 Å². The lowest BCUT2D eigenvalue weighted by Gasteiger charge is -2.15. The Morgan fingerprint density at radius 3 is 2.39 bits per heavy atom. The molecule has 0 fully saturated rings. The molecule has 4 heteroatoms. The number of hydrogen-bond acceptors (Lipinski definition) is 3. The first-order valence-corrected chi connectivity index (χ1v) is 10.5. The number of hydrogen-bond donors (Lipinski definition) is 0. The molecule has 0 radical (unpaired) electrons. The van der Waals surface area contributed by atoms with E-state index in [0.717, 1.165) is 40.9 Å². The van der Waals surface area contributed by atoms with E-state index in [1.807, 2.05) is 18.2 Å². The first-order chi connectivity index (χ1) is 15.2. The van der Waals surface area contributed by atoms with E-state index in [1.54, 1.807) is 7.11 Å². The normalized spacial score (nSPS) is 10.9. The summed E-state index contributed by atoms with van der Waals surface area (Å²) in [7, 11) is 3.10. The maximum absolute atomic E-state index is 12.2. The molecule has 3 aromatic carbocycles. The first-order valence-electron chi connectivity index (χ1n) is 10.5. The number of ether oxygens (including phenoxy) is 2. The Bertz CT molecular complexity index is 1210. The summed E-state index contributed by atoms with van der Waals surface area (Å²) in [6.07, 6.45) is 1.06. The van der Waals surface area contributed by atoms with Crippen LogP contribution in [0.15, 0.2) is 72.8 Å². The summed E-state index contributed by atoms with van der Waals surface area (Å²) in [4.78, 5) is 12.2. The van der Waals surface area contributed by atoms with Crippen LogP contribution in [-0.2, 0) is 28.9 Å². The van der Waals surface area contributed by atoms with Gasteiger partial charge in [-0.05, 0) is 46.9 Å². The van der Waals surface area contributed by atoms with E-state index in [4.69, 9.17) is 9.47 Å². The number of benzene rings is 3. The monoisotopic (exact) mass is 413 g/mol. The Morgan fingerprint density at radius 1 is 0.935 bits per heavy atom. The van der Waals surface area contributed by atoms with Gasteiger partial charge in [0.15, 0.2) is 0 Å². The van der Waals surface area contributed by atoms with Crippen LogP contribution >= 0.6 is 0 Å². The maximum Gasteiger partial charge on any atom is 0.310 e. The summed E-state index contributed by atoms with van der Waals surface area (Å²) in [5.41, 5.74) is 6.91. The van der Waals surface area contributed by atoms with Crippen molar-refractivity contribution in [1.82, 2.24) is 4.57 Å². The van der Waals surface area contributed by atoms with Gasteiger partial charge in [0.2, 0.25) is 0 Å². The van der Waals surface area contributed by atoms with Crippen molar-refractivity contribution in [3.8, 4) is 16.9 Å². The third kappa shape index (κ3) is 4.06. The molecule has 0 amide bonds. The minimum absolute atomic E-state index is 0.235. The predicted molar refractivity (Wildman–Crippen MR) is 125 cm³/mol. The number of rotatable bonds is 7. The van der Waals surface area contributed by atoms with Crippen molar-refractivity contribution >= 4 is 16.9 Å². The molecule has 0 spiro atoms. The minimum Gasteiger partial charge on any atom is -0.497 e. The average molecular weight is 414 g/mol. The van der Waals surface area contributed by atoms with Crippen molar-refractivity contribution in [1.29, 1.82) is 0 Å². The smallest absolute Gasteiger partial charge is 0.310 e. The zero-order valence-electron chi connectivity index (χ0n) is 18.2. The van der Waals surface area contributed by atoms with Crippen LogP contribution in [-0.4, -0.2) is 24.8 Å². The number of carbonyl (C=O) groups excluding carboxylic acids is 1. The van der Waals surface area contributed by atoms with Crippen molar-refractivity contribution in [2.45, 2.75) is 26.3 Å². The SMILES string of the molecule is CCc1c(CC(=O)OC)c2cc(OC)ccc2n1Cc1ccccc1-c1ccccc1. The second kappa shape index (κ2) is 9.09. The highest BCUT2D eigenvalue weighted by Crippen LogP contribution is 2.33.